The number of benzene rings is 3. The van der Waals surface area contributed by atoms with Gasteiger partial charge in [0.15, 0.2) is 11.5 Å². The van der Waals surface area contributed by atoms with E-state index < -0.39 is 5.91 Å². The molecule has 1 heterocycles. The molecule has 0 aromatic heterocycles. The number of anilines is 1. The highest BCUT2D eigenvalue weighted by atomic mass is 127. The molecule has 0 radical (unpaired) electrons. The second kappa shape index (κ2) is 10.8. The summed E-state index contributed by atoms with van der Waals surface area (Å²) in [6.45, 7) is 0.222. The molecule has 0 unspecified atom stereocenters. The lowest BCUT2D eigenvalue weighted by Gasteiger charge is -2.14. The molecular formula is C24H15Cl3INO4S. The van der Waals surface area contributed by atoms with Crippen LogP contribution in [0.15, 0.2) is 59.5 Å². The molecule has 174 valence electrons. The molecule has 1 aliphatic heterocycles. The van der Waals surface area contributed by atoms with Gasteiger partial charge in [-0.3, -0.25) is 9.59 Å². The number of methoxy groups -OCH3 is 1. The van der Waals surface area contributed by atoms with Gasteiger partial charge < -0.3 is 9.47 Å². The van der Waals surface area contributed by atoms with E-state index in [9.17, 15) is 9.59 Å². The summed E-state index contributed by atoms with van der Waals surface area (Å²) in [4.78, 5) is 26.9. The highest BCUT2D eigenvalue weighted by molar-refractivity contribution is 14.1. The number of carbonyl (C=O) groups excluding carboxylic acids is 2. The third kappa shape index (κ3) is 5.49. The first kappa shape index (κ1) is 25.2. The second-order valence-corrected chi connectivity index (χ2v) is 10.5. The summed E-state index contributed by atoms with van der Waals surface area (Å²) in [5, 5.41) is 1.11. The number of imide groups is 1. The van der Waals surface area contributed by atoms with Crippen molar-refractivity contribution in [1.82, 2.24) is 0 Å². The molecule has 5 nitrogen and oxygen atoms in total. The molecule has 0 spiro atoms. The summed E-state index contributed by atoms with van der Waals surface area (Å²) in [6, 6.07) is 15.4. The Balaban J connectivity index is 1.59. The second-order valence-electron chi connectivity index (χ2n) is 7.06. The fraction of sp³-hybridized carbons (Fsp3) is 0.0833. The number of hydrogen-bond acceptors (Lipinski definition) is 5. The van der Waals surface area contributed by atoms with Crippen LogP contribution in [-0.4, -0.2) is 18.3 Å². The lowest BCUT2D eigenvalue weighted by atomic mass is 10.1. The first-order valence-corrected chi connectivity index (χ1v) is 12.8. The van der Waals surface area contributed by atoms with Gasteiger partial charge in [-0.15, -0.1) is 0 Å². The lowest BCUT2D eigenvalue weighted by Crippen LogP contribution is -2.27. The van der Waals surface area contributed by atoms with Gasteiger partial charge in [0.05, 0.1) is 21.3 Å². The van der Waals surface area contributed by atoms with Crippen molar-refractivity contribution >= 4 is 92.1 Å². The molecule has 1 saturated heterocycles. The average molecular weight is 647 g/mol. The maximum atomic E-state index is 12.9. The third-order valence-corrected chi connectivity index (χ3v) is 7.29. The maximum absolute atomic E-state index is 12.9. The Hall–Kier alpha value is -1.91. The highest BCUT2D eigenvalue weighted by Gasteiger charge is 2.36. The lowest BCUT2D eigenvalue weighted by molar-refractivity contribution is -0.113. The zero-order valence-corrected chi connectivity index (χ0v) is 22.7. The topological polar surface area (TPSA) is 55.8 Å². The Labute approximate surface area is 229 Å². The van der Waals surface area contributed by atoms with Crippen LogP contribution in [0.25, 0.3) is 6.08 Å². The van der Waals surface area contributed by atoms with E-state index in [1.165, 1.54) is 7.11 Å². The fourth-order valence-corrected chi connectivity index (χ4v) is 5.48. The van der Waals surface area contributed by atoms with E-state index in [-0.39, 0.29) is 11.8 Å². The number of carbonyl (C=O) groups is 2. The van der Waals surface area contributed by atoms with Gasteiger partial charge in [0.2, 0.25) is 0 Å². The fourth-order valence-electron chi connectivity index (χ4n) is 3.21. The quantitative estimate of drug-likeness (QED) is 0.200. The van der Waals surface area contributed by atoms with E-state index in [0.29, 0.717) is 42.7 Å². The summed E-state index contributed by atoms with van der Waals surface area (Å²) < 4.78 is 12.3. The van der Waals surface area contributed by atoms with Crippen molar-refractivity contribution in [3.63, 3.8) is 0 Å². The molecule has 2 amide bonds. The molecule has 10 heteroatoms. The molecule has 1 aliphatic rings. The average Bonchev–Trinajstić information content (AvgIpc) is 3.06. The van der Waals surface area contributed by atoms with E-state index in [4.69, 9.17) is 44.3 Å². The molecule has 0 atom stereocenters. The van der Waals surface area contributed by atoms with Crippen LogP contribution in [0.1, 0.15) is 11.1 Å². The third-order valence-electron chi connectivity index (χ3n) is 4.80. The monoisotopic (exact) mass is 645 g/mol. The van der Waals surface area contributed by atoms with Crippen LogP contribution in [-0.2, 0) is 11.4 Å². The van der Waals surface area contributed by atoms with Gasteiger partial charge in [-0.05, 0) is 88.5 Å². The van der Waals surface area contributed by atoms with E-state index in [0.717, 1.165) is 25.8 Å². The molecule has 0 N–H and O–H groups in total. The molecule has 0 bridgehead atoms. The summed E-state index contributed by atoms with van der Waals surface area (Å²) in [7, 11) is 1.53. The Kier molecular flexibility index (Phi) is 7.99. The number of rotatable bonds is 6. The number of halogens is 4. The Morgan fingerprint density at radius 2 is 1.79 bits per heavy atom. The van der Waals surface area contributed by atoms with Gasteiger partial charge in [0.25, 0.3) is 11.1 Å². The van der Waals surface area contributed by atoms with Gasteiger partial charge in [-0.25, -0.2) is 4.90 Å². The molecule has 0 saturated carbocycles. The summed E-state index contributed by atoms with van der Waals surface area (Å²) in [6.07, 6.45) is 1.65. The van der Waals surface area contributed by atoms with Crippen LogP contribution in [0.3, 0.4) is 0 Å². The molecule has 1 fully saturated rings. The molecule has 4 rings (SSSR count). The van der Waals surface area contributed by atoms with Crippen LogP contribution < -0.4 is 14.4 Å². The SMILES string of the molecule is COc1cc(/C=C2/SC(=O)N(c3cccc(Cl)c3)C2=O)cc(I)c1OCc1ccc(Cl)cc1Cl. The van der Waals surface area contributed by atoms with Crippen LogP contribution in [0.2, 0.25) is 15.1 Å². The normalized spacial score (nSPS) is 14.7. The first-order valence-electron chi connectivity index (χ1n) is 9.74. The first-order chi connectivity index (χ1) is 16.3. The Morgan fingerprint density at radius 1 is 1.03 bits per heavy atom. The van der Waals surface area contributed by atoms with Crippen molar-refractivity contribution < 1.29 is 19.1 Å². The number of nitrogens with zero attached hydrogens (tertiary/aromatic N) is 1. The number of thioether (sulfide) groups is 1. The van der Waals surface area contributed by atoms with E-state index >= 15 is 0 Å². The van der Waals surface area contributed by atoms with Gasteiger partial charge in [-0.2, -0.15) is 0 Å². The maximum Gasteiger partial charge on any atom is 0.298 e. The molecule has 34 heavy (non-hydrogen) atoms. The van der Waals surface area contributed by atoms with Gasteiger partial charge in [0.1, 0.15) is 6.61 Å². The van der Waals surface area contributed by atoms with Crippen molar-refractivity contribution in [2.75, 3.05) is 12.0 Å². The number of amides is 2. The van der Waals surface area contributed by atoms with Crippen LogP contribution >= 0.6 is 69.2 Å². The molecular weight excluding hydrogens is 632 g/mol. The van der Waals surface area contributed by atoms with Gasteiger partial charge in [0, 0.05) is 20.6 Å². The van der Waals surface area contributed by atoms with E-state index in [1.807, 2.05) is 6.07 Å². The predicted octanol–water partition coefficient (Wildman–Crippen LogP) is 8.08. The molecule has 0 aliphatic carbocycles. The molecule has 3 aromatic carbocycles. The largest absolute Gasteiger partial charge is 0.493 e. The van der Waals surface area contributed by atoms with Crippen molar-refractivity contribution in [2.45, 2.75) is 6.61 Å². The summed E-state index contributed by atoms with van der Waals surface area (Å²) in [5.74, 6) is 0.611. The van der Waals surface area contributed by atoms with Crippen LogP contribution in [0.5, 0.6) is 11.5 Å². The van der Waals surface area contributed by atoms with Crippen LogP contribution in [0.4, 0.5) is 10.5 Å². The standard InChI is InChI=1S/C24H15Cl3INO4S/c1-32-20-8-13(7-19(28)22(20)33-12-14-5-6-16(26)11-18(14)27)9-21-23(30)29(24(31)34-21)17-4-2-3-15(25)10-17/h2-11H,12H2,1H3/b21-9+. The van der Waals surface area contributed by atoms with Gasteiger partial charge >= 0.3 is 0 Å². The van der Waals surface area contributed by atoms with Crippen molar-refractivity contribution in [3.8, 4) is 11.5 Å². The smallest absolute Gasteiger partial charge is 0.298 e. The van der Waals surface area contributed by atoms with Crippen molar-refractivity contribution in [3.05, 3.63) is 89.3 Å². The van der Waals surface area contributed by atoms with Crippen LogP contribution in [0, 0.1) is 3.57 Å². The number of hydrogen-bond donors (Lipinski definition) is 0. The Bertz CT molecular complexity index is 1330. The van der Waals surface area contributed by atoms with Gasteiger partial charge in [-0.1, -0.05) is 46.9 Å². The van der Waals surface area contributed by atoms with E-state index in [2.05, 4.69) is 22.6 Å². The summed E-state index contributed by atoms with van der Waals surface area (Å²) >= 11 is 21.2. The predicted molar refractivity (Wildman–Crippen MR) is 146 cm³/mol. The zero-order chi connectivity index (χ0) is 24.4. The summed E-state index contributed by atoms with van der Waals surface area (Å²) in [5.41, 5.74) is 1.90. The highest BCUT2D eigenvalue weighted by Crippen LogP contribution is 2.39. The van der Waals surface area contributed by atoms with Crippen molar-refractivity contribution in [1.29, 1.82) is 0 Å². The number of ether oxygens (including phenoxy) is 2. The minimum Gasteiger partial charge on any atom is -0.493 e. The minimum absolute atomic E-state index is 0.222. The van der Waals surface area contributed by atoms with Crippen molar-refractivity contribution in [2.24, 2.45) is 0 Å². The minimum atomic E-state index is -0.413. The Morgan fingerprint density at radius 3 is 2.50 bits per heavy atom. The molecule has 3 aromatic rings. The zero-order valence-electron chi connectivity index (χ0n) is 17.5. The van der Waals surface area contributed by atoms with E-state index in [1.54, 1.807) is 54.6 Å².